The van der Waals surface area contributed by atoms with Gasteiger partial charge in [-0.05, 0) is 193 Å². The molecule has 0 bridgehead atoms. The van der Waals surface area contributed by atoms with Crippen LogP contribution in [0.2, 0.25) is 0 Å². The van der Waals surface area contributed by atoms with E-state index in [0.29, 0.717) is 39.2 Å². The molecule has 0 amide bonds. The summed E-state index contributed by atoms with van der Waals surface area (Å²) in [6.45, 7) is 83.1. The van der Waals surface area contributed by atoms with Crippen molar-refractivity contribution < 1.29 is 66.0 Å². The number of aliphatic carboxylic acids is 1. The van der Waals surface area contributed by atoms with Gasteiger partial charge in [0.05, 0.1) is 77.1 Å². The Hall–Kier alpha value is -4.80. The van der Waals surface area contributed by atoms with Crippen LogP contribution >= 0.6 is 36.4 Å². The van der Waals surface area contributed by atoms with Crippen molar-refractivity contribution >= 4 is 75.3 Å². The van der Waals surface area contributed by atoms with Gasteiger partial charge in [0.15, 0.2) is 11.6 Å². The van der Waals surface area contributed by atoms with E-state index < -0.39 is 16.1 Å². The molecule has 5 fully saturated rings. The van der Waals surface area contributed by atoms with Crippen LogP contribution in [0.15, 0.2) is 145 Å². The van der Waals surface area contributed by atoms with E-state index >= 15 is 0 Å². The van der Waals surface area contributed by atoms with E-state index in [0.717, 1.165) is 72.7 Å². The molecular formula is C81H165ClN4O14S3. The molecule has 5 rings (SSSR count). The fourth-order valence-electron chi connectivity index (χ4n) is 3.54. The third-order valence-electron chi connectivity index (χ3n) is 10.3. The van der Waals surface area contributed by atoms with Gasteiger partial charge < -0.3 is 44.9 Å². The molecule has 18 nitrogen and oxygen atoms in total. The number of carboxylic acids is 1. The predicted molar refractivity (Wildman–Crippen MR) is 466 cm³/mol. The standard InChI is InChI=1S/C8H16O.2C6H12O.C6H12.C5H8O.2C5H10.C4H6O.2C4H8.C3H5Cl.C3H7N.2C3H6O.2C3H6.C2H3NO.C2H3NS.C2H4O2.CH5N.CH4O3S.CH4O.CH4S/c1-3-5-8(4-2)6-9-7-8;2*1-3-6(2)4-7-5-6;1-3-5-6-4-2;1-4(2)5(3)6;1-4-5(2)3;1-3-5-4-2;1-3-4(2)5;1-4(2)3;1-3-4-2;1-3(2)4;2*1-3-2-4-3;1-3-4-2;2*1-3-2;2*1-3-2-4;1-2(3)4;1-2;1-5(2,3)4;2*1-2/h3-7H2,1-2H3;2*3-5H2,1-2H3;3,5H,4,6H2,1-2H3;1H2,2-3H3;4H,1-3H3;3,5H,4H2,1-2H3;3H,1H2,2H3;1H2,2-3H3;3-4H,1-2H3;1H2,2H3;3-4H,2H2,1H3;3H,2H2,1H3;3H,1H2,2H3;2*3H,1H2,2H3;2*1H3;1H3,(H,3,4);2H2,1H3;1H3,(H,2,3,4);2*2H,1H3/b;;;5-3+;;;5-3+;;;4-3+;;;;;;;;;;;;;. The van der Waals surface area contributed by atoms with E-state index in [4.69, 9.17) is 54.9 Å². The second-order valence-electron chi connectivity index (χ2n) is 22.4. The van der Waals surface area contributed by atoms with Crippen molar-refractivity contribution in [2.75, 3.05) is 101 Å². The molecule has 5 saturated heterocycles. The van der Waals surface area contributed by atoms with Crippen molar-refractivity contribution in [2.45, 2.75) is 244 Å². The molecule has 0 radical (unpaired) electrons. The Bertz CT molecular complexity index is 1980. The molecule has 0 aliphatic carbocycles. The summed E-state index contributed by atoms with van der Waals surface area (Å²) in [7, 11) is 3.37. The molecule has 0 aromatic rings. The highest BCUT2D eigenvalue weighted by molar-refractivity contribution is 7.85. The number of thiol groups is 1. The number of halogens is 1. The van der Waals surface area contributed by atoms with Crippen molar-refractivity contribution in [3.05, 3.63) is 135 Å². The maximum atomic E-state index is 10.0. The highest BCUT2D eigenvalue weighted by atomic mass is 35.5. The van der Waals surface area contributed by atoms with Crippen LogP contribution in [0.1, 0.15) is 231 Å². The van der Waals surface area contributed by atoms with Gasteiger partial charge in [-0.25, -0.2) is 14.8 Å². The summed E-state index contributed by atoms with van der Waals surface area (Å²) < 4.78 is 50.1. The largest absolute Gasteiger partial charge is 0.505 e. The predicted octanol–water partition coefficient (Wildman–Crippen LogP) is 21.8. The third-order valence-corrected chi connectivity index (χ3v) is 10.5. The van der Waals surface area contributed by atoms with Gasteiger partial charge in [0.2, 0.25) is 6.08 Å². The molecule has 2 unspecified atom stereocenters. The number of aliphatic hydroxyl groups excluding tert-OH is 1. The number of rotatable bonds is 11. The number of carbonyl (C=O) groups is 3. The minimum absolute atomic E-state index is 0.0185. The molecule has 0 aromatic heterocycles. The Morgan fingerprint density at radius 2 is 0.942 bits per heavy atom. The lowest BCUT2D eigenvalue weighted by Crippen LogP contribution is -2.41. The number of unbranched alkanes of at least 4 members (excludes halogenated alkanes) is 1. The summed E-state index contributed by atoms with van der Waals surface area (Å²) in [5.41, 5.74) is 9.34. The van der Waals surface area contributed by atoms with Gasteiger partial charge in [-0.15, -0.1) is 19.7 Å². The Morgan fingerprint density at radius 1 is 0.709 bits per heavy atom. The van der Waals surface area contributed by atoms with E-state index in [1.54, 1.807) is 46.4 Å². The topological polar surface area (TPSA) is 285 Å². The first-order valence-corrected chi connectivity index (χ1v) is 37.9. The van der Waals surface area contributed by atoms with Crippen LogP contribution in [-0.2, 0) is 53.0 Å². The van der Waals surface area contributed by atoms with Crippen LogP contribution in [0.4, 0.5) is 0 Å². The number of ether oxygens (including phenoxy) is 5. The third kappa shape index (κ3) is 289. The van der Waals surface area contributed by atoms with Crippen LogP contribution in [0, 0.1) is 16.2 Å². The zero-order valence-corrected chi connectivity index (χ0v) is 75.5. The van der Waals surface area contributed by atoms with Crippen molar-refractivity contribution in [3.63, 3.8) is 0 Å². The van der Waals surface area contributed by atoms with Crippen LogP contribution in [0.3, 0.4) is 0 Å². The van der Waals surface area contributed by atoms with E-state index in [1.165, 1.54) is 109 Å². The first kappa shape index (κ1) is 144. The number of isocyanates is 1. The minimum Gasteiger partial charge on any atom is -0.505 e. The Balaban J connectivity index is -0.0000000462. The number of nitrogens with one attached hydrogen (secondary N) is 1. The number of carboxylic acid groups (broad SMARTS) is 1. The number of methoxy groups -OCH3 is 1. The second-order valence-corrected chi connectivity index (χ2v) is 24.7. The van der Waals surface area contributed by atoms with Crippen LogP contribution in [0.25, 0.3) is 0 Å². The van der Waals surface area contributed by atoms with Gasteiger partial charge in [-0.1, -0.05) is 172 Å². The maximum Gasteiger partial charge on any atom is 0.300 e. The second kappa shape index (κ2) is 130. The Kier molecular flexibility index (Phi) is 182. The van der Waals surface area contributed by atoms with Crippen molar-refractivity contribution in [1.29, 1.82) is 0 Å². The van der Waals surface area contributed by atoms with Gasteiger partial charge >= 0.3 is 0 Å². The summed E-state index contributed by atoms with van der Waals surface area (Å²) in [6.07, 6.45) is 35.1. The number of carbonyl (C=O) groups excluding carboxylic acids is 3. The fraction of sp³-hybridized carbons (Fsp3) is 0.667. The average Bonchev–Trinajstić information content (AvgIpc) is 1.79. The molecule has 103 heavy (non-hydrogen) atoms. The summed E-state index contributed by atoms with van der Waals surface area (Å²) in [4.78, 5) is 43.9. The first-order chi connectivity index (χ1) is 47.8. The fourth-order valence-corrected chi connectivity index (χ4v) is 3.54. The summed E-state index contributed by atoms with van der Waals surface area (Å²) in [5.74, 6) is -0.750. The number of hydrogen-bond donors (Lipinski definition) is 6. The Labute approximate surface area is 653 Å². The molecule has 0 spiro atoms. The smallest absolute Gasteiger partial charge is 0.300 e. The quantitative estimate of drug-likeness (QED) is 0.0129. The summed E-state index contributed by atoms with van der Waals surface area (Å²) in [6, 6.07) is 0.833. The van der Waals surface area contributed by atoms with Gasteiger partial charge in [0.1, 0.15) is 0 Å². The average molecular weight is 1550 g/mol. The molecular weight excluding hydrogens is 1380 g/mol. The van der Waals surface area contributed by atoms with Crippen LogP contribution in [0.5, 0.6) is 0 Å². The molecule has 0 aromatic carbocycles. The monoisotopic (exact) mass is 1550 g/mol. The molecule has 618 valence electrons. The van der Waals surface area contributed by atoms with Crippen molar-refractivity contribution in [2.24, 2.45) is 32.0 Å². The lowest BCUT2D eigenvalue weighted by atomic mass is 9.79. The molecule has 5 aliphatic rings. The number of isothiocyanates is 1. The van der Waals surface area contributed by atoms with Gasteiger partial charge in [-0.3, -0.25) is 18.9 Å². The lowest BCUT2D eigenvalue weighted by molar-refractivity contribution is -0.134. The highest BCUT2D eigenvalue weighted by Gasteiger charge is 2.35. The first-order valence-electron chi connectivity index (χ1n) is 34.3. The van der Waals surface area contributed by atoms with Crippen LogP contribution < -0.4 is 11.1 Å². The zero-order chi connectivity index (χ0) is 86.4. The van der Waals surface area contributed by atoms with E-state index in [1.807, 2.05) is 67.5 Å². The highest BCUT2D eigenvalue weighted by Crippen LogP contribution is 2.35. The summed E-state index contributed by atoms with van der Waals surface area (Å²) >= 11 is 12.7. The van der Waals surface area contributed by atoms with Gasteiger partial charge in [-0.2, -0.15) is 21.0 Å². The van der Waals surface area contributed by atoms with Gasteiger partial charge in [0.25, 0.3) is 16.1 Å². The maximum absolute atomic E-state index is 10.0. The normalized spacial score (nSPS) is 13.6. The number of nitrogens with two attached hydrogens (primary N) is 1. The molecule has 22 heteroatoms. The van der Waals surface area contributed by atoms with Crippen molar-refractivity contribution in [3.8, 4) is 0 Å². The minimum atomic E-state index is -3.67. The lowest BCUT2D eigenvalue weighted by Gasteiger charge is -2.40. The number of nitrogens with zero attached hydrogens (tertiary/aromatic N) is 2. The molecule has 5 heterocycles. The number of epoxide rings is 1. The van der Waals surface area contributed by atoms with Crippen molar-refractivity contribution in [1.82, 2.24) is 5.32 Å². The molecule has 0 saturated carbocycles. The molecule has 5 aliphatic heterocycles. The number of hydrogen-bond acceptors (Lipinski definition) is 18. The number of allylic oxidation sites excluding steroid dienone is 14. The SMILES string of the molecule is C/C=C/C.C/C=C/CC.C/C=C/CCC.C=C(C)C.C=C(C)C(C)=O.C=C(C)Cl.C=CC.C=CC.C=CC(C)=O.C=COC.CC(=O)O.CC1CN1.CC1CO1.CC=C(C)C.CCC1(C)COC1.CCC1(C)COC1.CCCC1(CC)COC1.CN.CN=C=O.CN=C=S.CO.CS.CS(=O)(=O)O. The van der Waals surface area contributed by atoms with Gasteiger partial charge in [0, 0.05) is 62.0 Å². The Morgan fingerprint density at radius 3 is 0.961 bits per heavy atom. The number of ketones is 2. The number of aliphatic hydroxyl groups is 1. The number of Topliss-reactive ketones (excluding diaryl/α,β-unsaturated/α-hetero) is 1. The molecule has 2 atom stereocenters. The van der Waals surface area contributed by atoms with E-state index in [2.05, 4.69) is 222 Å². The summed E-state index contributed by atoms with van der Waals surface area (Å²) in [5, 5.41) is 20.3. The van der Waals surface area contributed by atoms with Crippen LogP contribution in [-0.4, -0.2) is 165 Å². The van der Waals surface area contributed by atoms with E-state index in [9.17, 15) is 18.0 Å². The number of thiocarbonyl (C=S) groups is 1. The molecule has 6 N–H and O–H groups in total. The zero-order valence-electron chi connectivity index (χ0n) is 72.2. The van der Waals surface area contributed by atoms with E-state index in [-0.39, 0.29) is 11.6 Å². The number of aliphatic imine (C=N–C) groups is 2.